The van der Waals surface area contributed by atoms with Crippen molar-refractivity contribution in [3.05, 3.63) is 28.8 Å². The second kappa shape index (κ2) is 5.86. The minimum Gasteiger partial charge on any atom is -0.508 e. The number of rotatable bonds is 4. The minimum absolute atomic E-state index is 0.0256. The van der Waals surface area contributed by atoms with Gasteiger partial charge >= 0.3 is 0 Å². The van der Waals surface area contributed by atoms with Crippen molar-refractivity contribution in [3.8, 4) is 5.75 Å². The topological polar surface area (TPSA) is 89.8 Å². The van der Waals surface area contributed by atoms with Crippen LogP contribution in [0.4, 0.5) is 0 Å². The Morgan fingerprint density at radius 2 is 2.12 bits per heavy atom. The third-order valence-electron chi connectivity index (χ3n) is 2.23. The first-order valence-corrected chi connectivity index (χ1v) is 5.38. The number of benzene rings is 1. The molecule has 0 saturated carbocycles. The number of halogens is 1. The quantitative estimate of drug-likeness (QED) is 0.637. The number of amides is 1. The normalized spacial score (nSPS) is 14.1. The fourth-order valence-corrected chi connectivity index (χ4v) is 1.61. The standard InChI is InChI=1S/C11H14ClNO4/c1-6(14)13-5-10(16)11(17)8-3-2-7(15)4-9(8)12/h2-4,10-11,15-17H,5H2,1H3,(H,13,14). The molecule has 0 bridgehead atoms. The van der Waals surface area contributed by atoms with Gasteiger partial charge in [-0.2, -0.15) is 0 Å². The first-order valence-electron chi connectivity index (χ1n) is 5.00. The lowest BCUT2D eigenvalue weighted by Crippen LogP contribution is -2.34. The van der Waals surface area contributed by atoms with Crippen molar-refractivity contribution >= 4 is 17.5 Å². The second-order valence-corrected chi connectivity index (χ2v) is 4.06. The zero-order chi connectivity index (χ0) is 13.0. The Hall–Kier alpha value is -1.30. The van der Waals surface area contributed by atoms with Gasteiger partial charge in [0.1, 0.15) is 18.0 Å². The molecule has 1 rings (SSSR count). The van der Waals surface area contributed by atoms with Crippen molar-refractivity contribution < 1.29 is 20.1 Å². The second-order valence-electron chi connectivity index (χ2n) is 3.66. The van der Waals surface area contributed by atoms with Crippen LogP contribution < -0.4 is 5.32 Å². The van der Waals surface area contributed by atoms with Crippen molar-refractivity contribution in [2.24, 2.45) is 0 Å². The molecule has 1 aromatic rings. The van der Waals surface area contributed by atoms with Crippen LogP contribution in [0.1, 0.15) is 18.6 Å². The molecule has 0 spiro atoms. The number of phenolic OH excluding ortho intramolecular Hbond substituents is 1. The highest BCUT2D eigenvalue weighted by Gasteiger charge is 2.21. The van der Waals surface area contributed by atoms with Crippen LogP contribution in [0.15, 0.2) is 18.2 Å². The maximum absolute atomic E-state index is 10.7. The number of nitrogens with one attached hydrogen (secondary N) is 1. The van der Waals surface area contributed by atoms with E-state index in [0.717, 1.165) is 0 Å². The zero-order valence-electron chi connectivity index (χ0n) is 9.22. The molecular weight excluding hydrogens is 246 g/mol. The highest BCUT2D eigenvalue weighted by molar-refractivity contribution is 6.31. The van der Waals surface area contributed by atoms with Crippen LogP contribution in [-0.4, -0.2) is 33.9 Å². The number of aliphatic hydroxyl groups is 2. The fourth-order valence-electron chi connectivity index (χ4n) is 1.32. The van der Waals surface area contributed by atoms with Crippen molar-refractivity contribution in [2.75, 3.05) is 6.54 Å². The van der Waals surface area contributed by atoms with Gasteiger partial charge in [0.05, 0.1) is 5.02 Å². The first-order chi connectivity index (χ1) is 7.91. The Kier molecular flexibility index (Phi) is 4.74. The predicted octanol–water partition coefficient (Wildman–Crippen LogP) is 0.576. The summed E-state index contributed by atoms with van der Waals surface area (Å²) in [6.45, 7) is 1.24. The summed E-state index contributed by atoms with van der Waals surface area (Å²) in [7, 11) is 0. The summed E-state index contributed by atoms with van der Waals surface area (Å²) in [5.74, 6) is -0.324. The molecule has 4 N–H and O–H groups in total. The summed E-state index contributed by atoms with van der Waals surface area (Å²) in [5, 5.41) is 31.1. The van der Waals surface area contributed by atoms with Crippen molar-refractivity contribution in [1.29, 1.82) is 0 Å². The van der Waals surface area contributed by atoms with E-state index in [1.54, 1.807) is 0 Å². The molecule has 2 unspecified atom stereocenters. The van der Waals surface area contributed by atoms with E-state index >= 15 is 0 Å². The molecule has 0 aliphatic heterocycles. The van der Waals surface area contributed by atoms with Gasteiger partial charge in [0.15, 0.2) is 0 Å². The highest BCUT2D eigenvalue weighted by Crippen LogP contribution is 2.28. The van der Waals surface area contributed by atoms with Crippen LogP contribution in [0.2, 0.25) is 5.02 Å². The number of hydrogen-bond acceptors (Lipinski definition) is 4. The first kappa shape index (κ1) is 13.8. The van der Waals surface area contributed by atoms with Gasteiger partial charge in [-0.15, -0.1) is 0 Å². The van der Waals surface area contributed by atoms with Gasteiger partial charge in [-0.25, -0.2) is 0 Å². The molecule has 0 heterocycles. The molecule has 6 heteroatoms. The van der Waals surface area contributed by atoms with Gasteiger partial charge in [0.2, 0.25) is 5.91 Å². The molecule has 0 aliphatic rings. The van der Waals surface area contributed by atoms with Crippen molar-refractivity contribution in [1.82, 2.24) is 5.32 Å². The number of carbonyl (C=O) groups is 1. The SMILES string of the molecule is CC(=O)NCC(O)C(O)c1ccc(O)cc1Cl. The molecule has 1 amide bonds. The molecule has 1 aromatic carbocycles. The Bertz CT molecular complexity index is 410. The summed E-state index contributed by atoms with van der Waals surface area (Å²) in [6, 6.07) is 4.04. The van der Waals surface area contributed by atoms with Crippen LogP contribution in [0.25, 0.3) is 0 Å². The predicted molar refractivity (Wildman–Crippen MR) is 62.8 cm³/mol. The molecule has 0 aliphatic carbocycles. The molecule has 0 radical (unpaired) electrons. The van der Waals surface area contributed by atoms with E-state index in [9.17, 15) is 15.0 Å². The number of phenols is 1. The van der Waals surface area contributed by atoms with Gasteiger partial charge < -0.3 is 20.6 Å². The fraction of sp³-hybridized carbons (Fsp3) is 0.364. The Labute approximate surface area is 104 Å². The molecule has 0 saturated heterocycles. The van der Waals surface area contributed by atoms with E-state index < -0.39 is 12.2 Å². The van der Waals surface area contributed by atoms with E-state index in [2.05, 4.69) is 5.32 Å². The molecular formula is C11H14ClNO4. The third kappa shape index (κ3) is 3.89. The van der Waals surface area contributed by atoms with Crippen LogP contribution in [0.3, 0.4) is 0 Å². The summed E-state index contributed by atoms with van der Waals surface area (Å²) in [4.78, 5) is 10.7. The van der Waals surface area contributed by atoms with Crippen molar-refractivity contribution in [3.63, 3.8) is 0 Å². The summed E-state index contributed by atoms with van der Waals surface area (Å²) >= 11 is 5.81. The van der Waals surface area contributed by atoms with Gasteiger partial charge in [-0.3, -0.25) is 4.79 Å². The highest BCUT2D eigenvalue weighted by atomic mass is 35.5. The zero-order valence-corrected chi connectivity index (χ0v) is 9.98. The lowest BCUT2D eigenvalue weighted by atomic mass is 10.0. The van der Waals surface area contributed by atoms with Crippen LogP contribution in [0, 0.1) is 0 Å². The third-order valence-corrected chi connectivity index (χ3v) is 2.55. The number of carbonyl (C=O) groups excluding carboxylic acids is 1. The lowest BCUT2D eigenvalue weighted by molar-refractivity contribution is -0.119. The maximum atomic E-state index is 10.7. The maximum Gasteiger partial charge on any atom is 0.216 e. The Morgan fingerprint density at radius 1 is 1.47 bits per heavy atom. The van der Waals surface area contributed by atoms with Crippen LogP contribution in [-0.2, 0) is 4.79 Å². The Balaban J connectivity index is 2.74. The average molecular weight is 260 g/mol. The lowest BCUT2D eigenvalue weighted by Gasteiger charge is -2.19. The molecule has 0 fully saturated rings. The molecule has 0 aromatic heterocycles. The monoisotopic (exact) mass is 259 g/mol. The summed E-state index contributed by atoms with van der Waals surface area (Å²) < 4.78 is 0. The molecule has 5 nitrogen and oxygen atoms in total. The molecule has 17 heavy (non-hydrogen) atoms. The molecule has 2 atom stereocenters. The van der Waals surface area contributed by atoms with Gasteiger partial charge in [0.25, 0.3) is 0 Å². The number of aromatic hydroxyl groups is 1. The smallest absolute Gasteiger partial charge is 0.216 e. The van der Waals surface area contributed by atoms with Gasteiger partial charge in [-0.05, 0) is 12.1 Å². The van der Waals surface area contributed by atoms with Gasteiger partial charge in [-0.1, -0.05) is 17.7 Å². The van der Waals surface area contributed by atoms with Crippen molar-refractivity contribution in [2.45, 2.75) is 19.1 Å². The van der Waals surface area contributed by atoms with E-state index in [0.29, 0.717) is 5.56 Å². The number of hydrogen-bond donors (Lipinski definition) is 4. The average Bonchev–Trinajstić information content (AvgIpc) is 2.25. The van der Waals surface area contributed by atoms with Crippen LogP contribution in [0.5, 0.6) is 5.75 Å². The van der Waals surface area contributed by atoms with E-state index in [4.69, 9.17) is 16.7 Å². The van der Waals surface area contributed by atoms with E-state index in [-0.39, 0.29) is 23.2 Å². The van der Waals surface area contributed by atoms with Gasteiger partial charge in [0, 0.05) is 19.0 Å². The largest absolute Gasteiger partial charge is 0.508 e. The van der Waals surface area contributed by atoms with Crippen LogP contribution >= 0.6 is 11.6 Å². The minimum atomic E-state index is -1.23. The Morgan fingerprint density at radius 3 is 2.65 bits per heavy atom. The van der Waals surface area contributed by atoms with E-state index in [1.165, 1.54) is 25.1 Å². The van der Waals surface area contributed by atoms with E-state index in [1.807, 2.05) is 0 Å². The summed E-state index contributed by atoms with van der Waals surface area (Å²) in [5.41, 5.74) is 0.294. The summed E-state index contributed by atoms with van der Waals surface area (Å²) in [6.07, 6.45) is -2.39. The number of aliphatic hydroxyl groups excluding tert-OH is 2. The molecule has 94 valence electrons.